The average molecular weight is 341 g/mol. The molecule has 1 fully saturated rings. The van der Waals surface area contributed by atoms with E-state index in [0.29, 0.717) is 6.42 Å². The van der Waals surface area contributed by atoms with E-state index in [4.69, 9.17) is 16.2 Å². The van der Waals surface area contributed by atoms with Crippen LogP contribution in [0.2, 0.25) is 0 Å². The molecule has 1 saturated carbocycles. The first-order chi connectivity index (χ1) is 10.7. The maximum atomic E-state index is 14.3. The van der Waals surface area contributed by atoms with Gasteiger partial charge in [0.25, 0.3) is 0 Å². The number of esters is 1. The highest BCUT2D eigenvalue weighted by Crippen LogP contribution is 2.66. The lowest BCUT2D eigenvalue weighted by Crippen LogP contribution is -2.40. The summed E-state index contributed by atoms with van der Waals surface area (Å²) >= 11 is 1.13. The first kappa shape index (κ1) is 16.0. The monoisotopic (exact) mass is 341 g/mol. The topological polar surface area (TPSA) is 90.7 Å². The van der Waals surface area contributed by atoms with Crippen LogP contribution in [0.4, 0.5) is 14.5 Å². The van der Waals surface area contributed by atoms with Crippen molar-refractivity contribution >= 4 is 28.6 Å². The van der Waals surface area contributed by atoms with Crippen LogP contribution >= 0.6 is 11.8 Å². The number of thioether (sulfide) groups is 1. The smallest absolute Gasteiger partial charge is 0.323 e. The van der Waals surface area contributed by atoms with Crippen molar-refractivity contribution < 1.29 is 18.3 Å². The number of aliphatic imine (C=N–C) groups is 1. The van der Waals surface area contributed by atoms with E-state index >= 15 is 0 Å². The second-order valence-electron chi connectivity index (χ2n) is 5.93. The van der Waals surface area contributed by atoms with Gasteiger partial charge in [0, 0.05) is 17.2 Å². The lowest BCUT2D eigenvalue weighted by molar-refractivity contribution is -0.143. The summed E-state index contributed by atoms with van der Waals surface area (Å²) in [7, 11) is 0. The molecule has 124 valence electrons. The highest BCUT2D eigenvalue weighted by atomic mass is 32.2. The Morgan fingerprint density at radius 2 is 2.17 bits per heavy atom. The number of hydrogen-bond acceptors (Lipinski definition) is 6. The molecule has 0 amide bonds. The van der Waals surface area contributed by atoms with Gasteiger partial charge in [-0.25, -0.2) is 8.78 Å². The molecular weight excluding hydrogens is 324 g/mol. The van der Waals surface area contributed by atoms with E-state index in [2.05, 4.69) is 4.99 Å². The van der Waals surface area contributed by atoms with Gasteiger partial charge in [-0.2, -0.15) is 0 Å². The van der Waals surface area contributed by atoms with Crippen molar-refractivity contribution in [3.05, 3.63) is 29.3 Å². The number of benzene rings is 1. The lowest BCUT2D eigenvalue weighted by Gasteiger charge is -2.33. The molecule has 1 aliphatic heterocycles. The summed E-state index contributed by atoms with van der Waals surface area (Å²) in [5.74, 6) is -2.80. The Bertz CT molecular complexity index is 727. The Labute approximate surface area is 136 Å². The van der Waals surface area contributed by atoms with Gasteiger partial charge in [0.05, 0.1) is 12.1 Å². The summed E-state index contributed by atoms with van der Waals surface area (Å²) in [6.45, 7) is 3.59. The molecule has 1 heterocycles. The summed E-state index contributed by atoms with van der Waals surface area (Å²) in [4.78, 5) is 16.6. The largest absolute Gasteiger partial charge is 0.465 e. The van der Waals surface area contributed by atoms with Crippen molar-refractivity contribution in [2.45, 2.75) is 30.6 Å². The number of ether oxygens (including phenoxy) is 1. The van der Waals surface area contributed by atoms with Crippen molar-refractivity contribution in [1.82, 2.24) is 0 Å². The normalized spacial score (nSPS) is 32.0. The van der Waals surface area contributed by atoms with Crippen molar-refractivity contribution in [2.24, 2.45) is 16.6 Å². The fraction of sp³-hybridized carbons (Fsp3) is 0.467. The zero-order valence-electron chi connectivity index (χ0n) is 12.7. The van der Waals surface area contributed by atoms with E-state index in [0.717, 1.165) is 17.8 Å². The number of carbonyl (C=O) groups excluding carboxylic acids is 1. The van der Waals surface area contributed by atoms with Crippen LogP contribution in [0.3, 0.4) is 0 Å². The maximum Gasteiger partial charge on any atom is 0.323 e. The Balaban J connectivity index is 2.09. The van der Waals surface area contributed by atoms with Crippen molar-refractivity contribution in [2.75, 3.05) is 12.3 Å². The molecule has 23 heavy (non-hydrogen) atoms. The number of amidine groups is 1. The molecule has 0 bridgehead atoms. The maximum absolute atomic E-state index is 14.3. The fourth-order valence-corrected chi connectivity index (χ4v) is 4.65. The second kappa shape index (κ2) is 5.09. The number of nitrogens with zero attached hydrogens (tertiary/aromatic N) is 1. The molecule has 1 aromatic rings. The van der Waals surface area contributed by atoms with Gasteiger partial charge < -0.3 is 16.2 Å². The van der Waals surface area contributed by atoms with Crippen LogP contribution < -0.4 is 11.5 Å². The van der Waals surface area contributed by atoms with Gasteiger partial charge >= 0.3 is 5.97 Å². The third-order valence-electron chi connectivity index (χ3n) is 4.43. The standard InChI is InChI=1S/C15H17F2N3O2S/c1-3-22-12(21)15-6-10(15)14(2,20-13(19)23-15)8-4-7(18)5-9(16)11(8)17/h4-5,10H,3,6,18H2,1-2H3,(H2,19,20). The van der Waals surface area contributed by atoms with Crippen LogP contribution in [0, 0.1) is 17.6 Å². The fourth-order valence-electron chi connectivity index (χ4n) is 3.27. The Hall–Kier alpha value is -1.83. The van der Waals surface area contributed by atoms with E-state index in [1.54, 1.807) is 13.8 Å². The first-order valence-electron chi connectivity index (χ1n) is 7.21. The van der Waals surface area contributed by atoms with Crippen molar-refractivity contribution in [3.8, 4) is 0 Å². The van der Waals surface area contributed by atoms with Crippen molar-refractivity contribution in [1.29, 1.82) is 0 Å². The van der Waals surface area contributed by atoms with Gasteiger partial charge in [-0.3, -0.25) is 9.79 Å². The van der Waals surface area contributed by atoms with Gasteiger partial charge in [-0.1, -0.05) is 11.8 Å². The zero-order chi connectivity index (χ0) is 17.0. The van der Waals surface area contributed by atoms with E-state index < -0.39 is 27.9 Å². The van der Waals surface area contributed by atoms with Gasteiger partial charge in [-0.15, -0.1) is 0 Å². The summed E-state index contributed by atoms with van der Waals surface area (Å²) in [5, 5.41) is 0.150. The lowest BCUT2D eigenvalue weighted by atomic mass is 9.85. The number of fused-ring (bicyclic) bond motifs is 1. The molecule has 5 nitrogen and oxygen atoms in total. The van der Waals surface area contributed by atoms with Crippen LogP contribution in [-0.2, 0) is 15.1 Å². The molecular formula is C15H17F2N3O2S. The highest BCUT2D eigenvalue weighted by molar-refractivity contribution is 8.15. The SMILES string of the molecule is CCOC(=O)C12CC1C(C)(c1cc(N)cc(F)c1F)N=C(N)S2. The number of carbonyl (C=O) groups is 1. The molecule has 1 aliphatic carbocycles. The minimum absolute atomic E-state index is 0.00873. The van der Waals surface area contributed by atoms with E-state index in [1.165, 1.54) is 6.07 Å². The number of nitrogens with two attached hydrogens (primary N) is 2. The molecule has 3 rings (SSSR count). The van der Waals surface area contributed by atoms with Crippen LogP contribution in [0.5, 0.6) is 0 Å². The molecule has 0 spiro atoms. The molecule has 0 radical (unpaired) electrons. The predicted octanol–water partition coefficient (Wildman–Crippen LogP) is 2.15. The minimum atomic E-state index is -1.16. The summed E-state index contributed by atoms with van der Waals surface area (Å²) in [6, 6.07) is 2.26. The predicted molar refractivity (Wildman–Crippen MR) is 84.8 cm³/mol. The van der Waals surface area contributed by atoms with Gasteiger partial charge in [0.15, 0.2) is 16.8 Å². The number of rotatable bonds is 3. The molecule has 8 heteroatoms. The first-order valence-corrected chi connectivity index (χ1v) is 8.03. The quantitative estimate of drug-likeness (QED) is 0.649. The molecule has 2 aliphatic rings. The third kappa shape index (κ3) is 2.27. The Kier molecular flexibility index (Phi) is 3.55. The Morgan fingerprint density at radius 1 is 1.48 bits per heavy atom. The van der Waals surface area contributed by atoms with Crippen LogP contribution in [0.15, 0.2) is 17.1 Å². The molecule has 4 N–H and O–H groups in total. The Morgan fingerprint density at radius 3 is 2.83 bits per heavy atom. The van der Waals surface area contributed by atoms with E-state index in [-0.39, 0.29) is 28.9 Å². The highest BCUT2D eigenvalue weighted by Gasteiger charge is 2.71. The van der Waals surface area contributed by atoms with Crippen molar-refractivity contribution in [3.63, 3.8) is 0 Å². The molecule has 0 saturated heterocycles. The number of anilines is 1. The van der Waals surface area contributed by atoms with Gasteiger partial charge in [0.1, 0.15) is 4.75 Å². The zero-order valence-corrected chi connectivity index (χ0v) is 13.5. The van der Waals surface area contributed by atoms with Gasteiger partial charge in [0.2, 0.25) is 0 Å². The van der Waals surface area contributed by atoms with Crippen LogP contribution in [-0.4, -0.2) is 22.5 Å². The molecule has 0 aromatic heterocycles. The molecule has 1 aromatic carbocycles. The van der Waals surface area contributed by atoms with E-state index in [9.17, 15) is 13.6 Å². The van der Waals surface area contributed by atoms with E-state index in [1.807, 2.05) is 0 Å². The minimum Gasteiger partial charge on any atom is -0.465 e. The number of hydrogen-bond donors (Lipinski definition) is 2. The average Bonchev–Trinajstić information content (AvgIpc) is 3.19. The number of halogens is 2. The molecule has 3 unspecified atom stereocenters. The van der Waals surface area contributed by atoms with Gasteiger partial charge in [-0.05, 0) is 32.4 Å². The molecule has 3 atom stereocenters. The summed E-state index contributed by atoms with van der Waals surface area (Å²) < 4.78 is 32.3. The third-order valence-corrected chi connectivity index (χ3v) is 5.72. The summed E-state index contributed by atoms with van der Waals surface area (Å²) in [6.07, 6.45) is 0.438. The second-order valence-corrected chi connectivity index (χ2v) is 7.28. The van der Waals surface area contributed by atoms with Crippen LogP contribution in [0.1, 0.15) is 25.8 Å². The summed E-state index contributed by atoms with van der Waals surface area (Å²) in [5.41, 5.74) is 10.4. The number of nitrogen functional groups attached to an aromatic ring is 1. The van der Waals surface area contributed by atoms with Crippen LogP contribution in [0.25, 0.3) is 0 Å².